The molecule has 62 valence electrons. The molecule has 0 aliphatic heterocycles. The Morgan fingerprint density at radius 2 is 2.45 bits per heavy atom. The molecule has 0 saturated heterocycles. The molecule has 0 radical (unpaired) electrons. The number of rotatable bonds is 5. The first kappa shape index (κ1) is 8.65. The Kier molecular flexibility index (Phi) is 4.12. The Morgan fingerprint density at radius 1 is 1.55 bits per heavy atom. The van der Waals surface area contributed by atoms with Crippen LogP contribution in [0.4, 0.5) is 0 Å². The van der Waals surface area contributed by atoms with Gasteiger partial charge in [0.1, 0.15) is 12.4 Å². The normalized spacial score (nSPS) is 10.3. The minimum absolute atomic E-state index is 1.14. The Morgan fingerprint density at radius 3 is 3.09 bits per heavy atom. The van der Waals surface area contributed by atoms with E-state index in [-0.39, 0.29) is 0 Å². The van der Waals surface area contributed by atoms with Gasteiger partial charge in [0.25, 0.3) is 0 Å². The van der Waals surface area contributed by atoms with Crippen LogP contribution < -0.4 is 4.57 Å². The van der Waals surface area contributed by atoms with Crippen LogP contribution in [0.2, 0.25) is 0 Å². The number of nitrogens with one attached hydrogen (secondary N) is 1. The highest BCUT2D eigenvalue weighted by Crippen LogP contribution is 1.99. The van der Waals surface area contributed by atoms with Gasteiger partial charge in [0.2, 0.25) is 6.33 Å². The Balaban J connectivity index is 2.04. The fourth-order valence-corrected chi connectivity index (χ4v) is 1.58. The van der Waals surface area contributed by atoms with E-state index in [4.69, 9.17) is 0 Å². The highest BCUT2D eigenvalue weighted by molar-refractivity contribution is 7.99. The van der Waals surface area contributed by atoms with Gasteiger partial charge in [0.15, 0.2) is 0 Å². The Bertz CT molecular complexity index is 172. The van der Waals surface area contributed by atoms with Gasteiger partial charge in [-0.15, -0.1) is 0 Å². The van der Waals surface area contributed by atoms with Gasteiger partial charge in [0.05, 0.1) is 6.54 Å². The molecule has 0 fully saturated rings. The summed E-state index contributed by atoms with van der Waals surface area (Å²) in [6, 6.07) is 0. The van der Waals surface area contributed by atoms with Crippen LogP contribution in [0.25, 0.3) is 0 Å². The summed E-state index contributed by atoms with van der Waals surface area (Å²) in [7, 11) is 0. The average Bonchev–Trinajstić information content (AvgIpc) is 2.50. The first-order valence-electron chi connectivity index (χ1n) is 4.03. The highest BCUT2D eigenvalue weighted by atomic mass is 32.2. The van der Waals surface area contributed by atoms with Crippen molar-refractivity contribution in [2.24, 2.45) is 0 Å². The SMILES string of the molecule is CCSCCC[n+]1cc[nH]c1. The Labute approximate surface area is 72.0 Å². The van der Waals surface area contributed by atoms with E-state index >= 15 is 0 Å². The van der Waals surface area contributed by atoms with Crippen LogP contribution in [-0.2, 0) is 6.54 Å². The molecule has 1 heterocycles. The maximum absolute atomic E-state index is 3.03. The number of hydrogen-bond acceptors (Lipinski definition) is 1. The fraction of sp³-hybridized carbons (Fsp3) is 0.625. The van der Waals surface area contributed by atoms with Gasteiger partial charge in [0, 0.05) is 0 Å². The molecule has 1 rings (SSSR count). The van der Waals surface area contributed by atoms with Crippen molar-refractivity contribution in [2.75, 3.05) is 11.5 Å². The zero-order valence-corrected chi connectivity index (χ0v) is 7.73. The smallest absolute Gasteiger partial charge is 0.241 e. The van der Waals surface area contributed by atoms with Crippen LogP contribution in [0.15, 0.2) is 18.7 Å². The summed E-state index contributed by atoms with van der Waals surface area (Å²) < 4.78 is 2.18. The monoisotopic (exact) mass is 171 g/mol. The molecule has 0 bridgehead atoms. The van der Waals surface area contributed by atoms with Crippen molar-refractivity contribution in [3.05, 3.63) is 18.7 Å². The van der Waals surface area contributed by atoms with Crippen molar-refractivity contribution in [2.45, 2.75) is 19.9 Å². The second kappa shape index (κ2) is 5.24. The minimum Gasteiger partial charge on any atom is -0.250 e. The van der Waals surface area contributed by atoms with E-state index in [0.717, 1.165) is 6.54 Å². The number of aromatic amines is 1. The van der Waals surface area contributed by atoms with E-state index in [9.17, 15) is 0 Å². The summed E-state index contributed by atoms with van der Waals surface area (Å²) in [5, 5.41) is 0. The van der Waals surface area contributed by atoms with Crippen LogP contribution in [0.1, 0.15) is 13.3 Å². The minimum atomic E-state index is 1.14. The molecule has 3 heteroatoms. The molecular formula is C8H15N2S+. The molecule has 1 aromatic heterocycles. The van der Waals surface area contributed by atoms with Crippen molar-refractivity contribution >= 4 is 11.8 Å². The third kappa shape index (κ3) is 3.46. The summed E-state index contributed by atoms with van der Waals surface area (Å²) in [5.41, 5.74) is 0. The second-order valence-electron chi connectivity index (χ2n) is 2.40. The molecule has 2 nitrogen and oxygen atoms in total. The summed E-state index contributed by atoms with van der Waals surface area (Å²) in [5.74, 6) is 2.51. The number of aromatic nitrogens is 2. The maximum Gasteiger partial charge on any atom is 0.241 e. The number of H-pyrrole nitrogens is 1. The largest absolute Gasteiger partial charge is 0.250 e. The standard InChI is InChI=1S/C8H14N2S/c1-2-11-7-3-5-10-6-4-9-8-10/h4,6,8H,2-3,5,7H2,1H3/p+1. The molecular weight excluding hydrogens is 156 g/mol. The van der Waals surface area contributed by atoms with E-state index in [0.29, 0.717) is 0 Å². The molecule has 0 amide bonds. The average molecular weight is 171 g/mol. The predicted molar refractivity (Wildman–Crippen MR) is 48.6 cm³/mol. The van der Waals surface area contributed by atoms with Crippen LogP contribution in [0.3, 0.4) is 0 Å². The van der Waals surface area contributed by atoms with Gasteiger partial charge in [-0.3, -0.25) is 4.98 Å². The lowest BCUT2D eigenvalue weighted by Gasteiger charge is -1.95. The van der Waals surface area contributed by atoms with Crippen LogP contribution in [-0.4, -0.2) is 16.5 Å². The molecule has 0 aliphatic rings. The topological polar surface area (TPSA) is 19.7 Å². The number of thioether (sulfide) groups is 1. The third-order valence-electron chi connectivity index (χ3n) is 1.51. The van der Waals surface area contributed by atoms with Gasteiger partial charge in [-0.25, -0.2) is 4.57 Å². The maximum atomic E-state index is 3.03. The van der Waals surface area contributed by atoms with Gasteiger partial charge < -0.3 is 0 Å². The summed E-state index contributed by atoms with van der Waals surface area (Å²) in [4.78, 5) is 3.03. The van der Waals surface area contributed by atoms with Crippen molar-refractivity contribution in [1.82, 2.24) is 4.98 Å². The summed E-state index contributed by atoms with van der Waals surface area (Å²) in [6.07, 6.45) is 7.28. The van der Waals surface area contributed by atoms with E-state index in [1.165, 1.54) is 17.9 Å². The second-order valence-corrected chi connectivity index (χ2v) is 3.79. The van der Waals surface area contributed by atoms with Crippen LogP contribution in [0.5, 0.6) is 0 Å². The zero-order chi connectivity index (χ0) is 7.94. The molecule has 0 saturated carbocycles. The van der Waals surface area contributed by atoms with E-state index in [1.807, 2.05) is 24.3 Å². The predicted octanol–water partition coefficient (Wildman–Crippen LogP) is 1.45. The van der Waals surface area contributed by atoms with Crippen molar-refractivity contribution in [3.63, 3.8) is 0 Å². The number of aryl methyl sites for hydroxylation is 1. The summed E-state index contributed by atoms with van der Waals surface area (Å²) >= 11 is 2.01. The first-order valence-corrected chi connectivity index (χ1v) is 5.18. The molecule has 0 spiro atoms. The summed E-state index contributed by atoms with van der Waals surface area (Å²) in [6.45, 7) is 3.34. The van der Waals surface area contributed by atoms with Crippen molar-refractivity contribution in [1.29, 1.82) is 0 Å². The van der Waals surface area contributed by atoms with E-state index in [1.54, 1.807) is 0 Å². The molecule has 11 heavy (non-hydrogen) atoms. The van der Waals surface area contributed by atoms with Crippen molar-refractivity contribution in [3.8, 4) is 0 Å². The van der Waals surface area contributed by atoms with Crippen LogP contribution >= 0.6 is 11.8 Å². The number of imidazole rings is 1. The molecule has 0 unspecified atom stereocenters. The molecule has 1 N–H and O–H groups in total. The molecule has 0 aromatic carbocycles. The lowest BCUT2D eigenvalue weighted by molar-refractivity contribution is -0.695. The Hall–Kier alpha value is -0.440. The van der Waals surface area contributed by atoms with Gasteiger partial charge in [-0.1, -0.05) is 6.92 Å². The number of hydrogen-bond donors (Lipinski definition) is 1. The number of nitrogens with zero attached hydrogens (tertiary/aromatic N) is 1. The van der Waals surface area contributed by atoms with Gasteiger partial charge in [-0.2, -0.15) is 11.8 Å². The molecule has 1 aromatic rings. The van der Waals surface area contributed by atoms with E-state index < -0.39 is 0 Å². The fourth-order valence-electron chi connectivity index (χ4n) is 0.953. The van der Waals surface area contributed by atoms with Gasteiger partial charge >= 0.3 is 0 Å². The van der Waals surface area contributed by atoms with Gasteiger partial charge in [-0.05, 0) is 17.9 Å². The van der Waals surface area contributed by atoms with Crippen molar-refractivity contribution < 1.29 is 4.57 Å². The van der Waals surface area contributed by atoms with E-state index in [2.05, 4.69) is 22.7 Å². The first-order chi connectivity index (χ1) is 5.43. The molecule has 0 aliphatic carbocycles. The third-order valence-corrected chi connectivity index (χ3v) is 2.50. The highest BCUT2D eigenvalue weighted by Gasteiger charge is 1.94. The lowest BCUT2D eigenvalue weighted by Crippen LogP contribution is -2.30. The lowest BCUT2D eigenvalue weighted by atomic mass is 10.5. The zero-order valence-electron chi connectivity index (χ0n) is 6.92. The van der Waals surface area contributed by atoms with Crippen LogP contribution in [0, 0.1) is 0 Å². The quantitative estimate of drug-likeness (QED) is 0.525. The molecule has 0 atom stereocenters.